The summed E-state index contributed by atoms with van der Waals surface area (Å²) >= 11 is 0. The van der Waals surface area contributed by atoms with E-state index < -0.39 is 0 Å². The Labute approximate surface area is 100.0 Å². The van der Waals surface area contributed by atoms with Crippen LogP contribution in [0.2, 0.25) is 0 Å². The number of hydrogen-bond acceptors (Lipinski definition) is 2. The lowest BCUT2D eigenvalue weighted by atomic mass is 9.97. The molecule has 3 atom stereocenters. The smallest absolute Gasteiger partial charge is 0.0179 e. The SMILES string of the molecule is C[C@@H]1C[C@@]2(CN3CCC3)C[C@H]2N1C(C)(C)C. The quantitative estimate of drug-likeness (QED) is 0.707. The van der Waals surface area contributed by atoms with Crippen LogP contribution in [0.4, 0.5) is 0 Å². The highest BCUT2D eigenvalue weighted by Gasteiger charge is 2.65. The lowest BCUT2D eigenvalue weighted by Gasteiger charge is -2.37. The number of likely N-dealkylation sites (tertiary alicyclic amines) is 2. The van der Waals surface area contributed by atoms with Crippen LogP contribution in [0.1, 0.15) is 47.0 Å². The Morgan fingerprint density at radius 2 is 1.88 bits per heavy atom. The molecule has 2 nitrogen and oxygen atoms in total. The van der Waals surface area contributed by atoms with Crippen LogP contribution in [0, 0.1) is 5.41 Å². The zero-order chi connectivity index (χ0) is 11.6. The van der Waals surface area contributed by atoms with Gasteiger partial charge in [0.2, 0.25) is 0 Å². The molecule has 0 aromatic carbocycles. The van der Waals surface area contributed by atoms with E-state index in [0.29, 0.717) is 11.0 Å². The van der Waals surface area contributed by atoms with Crippen LogP contribution in [-0.4, -0.2) is 47.1 Å². The molecule has 2 heteroatoms. The van der Waals surface area contributed by atoms with Crippen LogP contribution >= 0.6 is 0 Å². The highest BCUT2D eigenvalue weighted by Crippen LogP contribution is 2.61. The molecule has 0 unspecified atom stereocenters. The fourth-order valence-electron chi connectivity index (χ4n) is 4.28. The molecule has 1 aliphatic carbocycles. The zero-order valence-electron chi connectivity index (χ0n) is 11.3. The third-order valence-corrected chi connectivity index (χ3v) is 4.92. The minimum absolute atomic E-state index is 0.358. The Bertz CT molecular complexity index is 290. The lowest BCUT2D eigenvalue weighted by Crippen LogP contribution is -2.45. The number of nitrogens with zero attached hydrogens (tertiary/aromatic N) is 2. The summed E-state index contributed by atoms with van der Waals surface area (Å²) in [6, 6.07) is 1.68. The van der Waals surface area contributed by atoms with Gasteiger partial charge in [-0.15, -0.1) is 0 Å². The highest BCUT2D eigenvalue weighted by atomic mass is 15.3. The van der Waals surface area contributed by atoms with Crippen LogP contribution in [0.3, 0.4) is 0 Å². The van der Waals surface area contributed by atoms with Crippen molar-refractivity contribution >= 4 is 0 Å². The summed E-state index contributed by atoms with van der Waals surface area (Å²) < 4.78 is 0. The molecule has 92 valence electrons. The van der Waals surface area contributed by atoms with Crippen molar-refractivity contribution in [3.05, 3.63) is 0 Å². The average molecular weight is 222 g/mol. The van der Waals surface area contributed by atoms with E-state index in [1.165, 1.54) is 38.9 Å². The molecule has 1 saturated carbocycles. The van der Waals surface area contributed by atoms with Crippen molar-refractivity contribution in [2.45, 2.75) is 64.6 Å². The molecule has 3 fully saturated rings. The van der Waals surface area contributed by atoms with Gasteiger partial charge in [0.05, 0.1) is 0 Å². The normalized spacial score (nSPS) is 44.2. The maximum atomic E-state index is 2.78. The fourth-order valence-corrected chi connectivity index (χ4v) is 4.28. The molecule has 0 bridgehead atoms. The zero-order valence-corrected chi connectivity index (χ0v) is 11.3. The summed E-state index contributed by atoms with van der Waals surface area (Å²) in [4.78, 5) is 5.45. The van der Waals surface area contributed by atoms with Crippen molar-refractivity contribution in [3.8, 4) is 0 Å². The van der Waals surface area contributed by atoms with Gasteiger partial charge in [-0.1, -0.05) is 0 Å². The van der Waals surface area contributed by atoms with E-state index in [4.69, 9.17) is 0 Å². The van der Waals surface area contributed by atoms with Crippen LogP contribution in [0.15, 0.2) is 0 Å². The molecule has 0 amide bonds. The van der Waals surface area contributed by atoms with Crippen molar-refractivity contribution < 1.29 is 0 Å². The number of hydrogen-bond donors (Lipinski definition) is 0. The third-order valence-electron chi connectivity index (χ3n) is 4.92. The molecule has 0 radical (unpaired) electrons. The first-order valence-corrected chi connectivity index (χ1v) is 6.93. The number of fused-ring (bicyclic) bond motifs is 1. The molecular formula is C14H26N2. The van der Waals surface area contributed by atoms with Gasteiger partial charge in [0.25, 0.3) is 0 Å². The van der Waals surface area contributed by atoms with Crippen molar-refractivity contribution in [3.63, 3.8) is 0 Å². The van der Waals surface area contributed by atoms with E-state index in [2.05, 4.69) is 37.5 Å². The predicted octanol–water partition coefficient (Wildman–Crippen LogP) is 2.34. The van der Waals surface area contributed by atoms with E-state index >= 15 is 0 Å². The summed E-state index contributed by atoms with van der Waals surface area (Å²) in [5.74, 6) is 0. The predicted molar refractivity (Wildman–Crippen MR) is 67.6 cm³/mol. The molecule has 0 aromatic rings. The Hall–Kier alpha value is -0.0800. The Morgan fingerprint density at radius 3 is 2.31 bits per heavy atom. The van der Waals surface area contributed by atoms with Gasteiger partial charge in [-0.05, 0) is 60.0 Å². The second-order valence-corrected chi connectivity index (χ2v) is 7.34. The van der Waals surface area contributed by atoms with Crippen molar-refractivity contribution in [2.75, 3.05) is 19.6 Å². The van der Waals surface area contributed by atoms with Gasteiger partial charge in [0.15, 0.2) is 0 Å². The van der Waals surface area contributed by atoms with Crippen LogP contribution < -0.4 is 0 Å². The standard InChI is InChI=1S/C14H26N2/c1-11-8-14(10-15-6-5-7-15)9-12(14)16(11)13(2,3)4/h11-12H,5-10H2,1-4H3/t11-,12-,14+/m1/s1. The Morgan fingerprint density at radius 1 is 1.19 bits per heavy atom. The van der Waals surface area contributed by atoms with E-state index in [-0.39, 0.29) is 0 Å². The molecule has 3 aliphatic rings. The molecule has 16 heavy (non-hydrogen) atoms. The first-order valence-electron chi connectivity index (χ1n) is 6.93. The van der Waals surface area contributed by atoms with Gasteiger partial charge in [0.1, 0.15) is 0 Å². The van der Waals surface area contributed by atoms with E-state index in [0.717, 1.165) is 12.1 Å². The maximum absolute atomic E-state index is 2.78. The van der Waals surface area contributed by atoms with Crippen molar-refractivity contribution in [2.24, 2.45) is 5.41 Å². The van der Waals surface area contributed by atoms with Gasteiger partial charge >= 0.3 is 0 Å². The van der Waals surface area contributed by atoms with E-state index in [1.54, 1.807) is 0 Å². The molecule has 2 heterocycles. The topological polar surface area (TPSA) is 6.48 Å². The summed E-state index contributed by atoms with van der Waals surface area (Å²) in [6.07, 6.45) is 4.33. The van der Waals surface area contributed by atoms with Crippen LogP contribution in [-0.2, 0) is 0 Å². The Kier molecular flexibility index (Phi) is 2.23. The number of rotatable bonds is 2. The molecular weight excluding hydrogens is 196 g/mol. The molecule has 0 N–H and O–H groups in total. The van der Waals surface area contributed by atoms with E-state index in [1.807, 2.05) is 0 Å². The van der Waals surface area contributed by atoms with Crippen molar-refractivity contribution in [1.29, 1.82) is 0 Å². The summed E-state index contributed by atoms with van der Waals surface area (Å²) in [7, 11) is 0. The van der Waals surface area contributed by atoms with Crippen LogP contribution in [0.25, 0.3) is 0 Å². The average Bonchev–Trinajstić information content (AvgIpc) is 2.63. The first kappa shape index (κ1) is 11.0. The molecule has 0 spiro atoms. The molecule has 2 saturated heterocycles. The summed E-state index contributed by atoms with van der Waals surface area (Å²) in [6.45, 7) is 13.7. The first-order chi connectivity index (χ1) is 7.42. The minimum atomic E-state index is 0.358. The second kappa shape index (κ2) is 3.23. The lowest BCUT2D eigenvalue weighted by molar-refractivity contribution is 0.104. The monoisotopic (exact) mass is 222 g/mol. The van der Waals surface area contributed by atoms with Gasteiger partial charge in [-0.3, -0.25) is 4.90 Å². The largest absolute Gasteiger partial charge is 0.303 e. The van der Waals surface area contributed by atoms with Gasteiger partial charge < -0.3 is 4.90 Å². The molecule has 2 aliphatic heterocycles. The number of piperidine rings is 1. The maximum Gasteiger partial charge on any atom is 0.0179 e. The Balaban J connectivity index is 1.70. The molecule has 0 aromatic heterocycles. The summed E-state index contributed by atoms with van der Waals surface area (Å²) in [5.41, 5.74) is 1.05. The van der Waals surface area contributed by atoms with Gasteiger partial charge in [-0.2, -0.15) is 0 Å². The fraction of sp³-hybridized carbons (Fsp3) is 1.00. The van der Waals surface area contributed by atoms with E-state index in [9.17, 15) is 0 Å². The summed E-state index contributed by atoms with van der Waals surface area (Å²) in [5, 5.41) is 0. The molecule has 3 rings (SSSR count). The van der Waals surface area contributed by atoms with Crippen LogP contribution in [0.5, 0.6) is 0 Å². The third kappa shape index (κ3) is 1.53. The van der Waals surface area contributed by atoms with Gasteiger partial charge in [0, 0.05) is 29.6 Å². The second-order valence-electron chi connectivity index (χ2n) is 7.34. The van der Waals surface area contributed by atoms with Gasteiger partial charge in [-0.25, -0.2) is 0 Å². The highest BCUT2D eigenvalue weighted by molar-refractivity contribution is 5.19. The van der Waals surface area contributed by atoms with Crippen molar-refractivity contribution in [1.82, 2.24) is 9.80 Å². The minimum Gasteiger partial charge on any atom is -0.303 e.